The first-order chi connectivity index (χ1) is 8.34. The number of carbonyl (C=O) groups is 1. The third kappa shape index (κ3) is 3.69. The van der Waals surface area contributed by atoms with Gasteiger partial charge >= 0.3 is 5.97 Å². The van der Waals surface area contributed by atoms with Gasteiger partial charge in [0, 0.05) is 12.8 Å². The van der Waals surface area contributed by atoms with Gasteiger partial charge in [0.05, 0.1) is 30.3 Å². The van der Waals surface area contributed by atoms with Crippen LogP contribution >= 0.6 is 0 Å². The summed E-state index contributed by atoms with van der Waals surface area (Å²) in [4.78, 5) is 12.0. The summed E-state index contributed by atoms with van der Waals surface area (Å²) in [5.41, 5.74) is -1.38. The van der Waals surface area contributed by atoms with Crippen LogP contribution in [0.15, 0.2) is 0 Å². The second-order valence-electron chi connectivity index (χ2n) is 5.73. The molecule has 0 aromatic carbocycles. The largest absolute Gasteiger partial charge is 0.466 e. The molecule has 4 nitrogen and oxygen atoms in total. The van der Waals surface area contributed by atoms with Crippen LogP contribution in [-0.2, 0) is 14.3 Å². The molecule has 1 aliphatic rings. The number of rotatable bonds is 5. The monoisotopic (exact) mass is 258 g/mol. The van der Waals surface area contributed by atoms with E-state index >= 15 is 0 Å². The maximum absolute atomic E-state index is 12.0. The second kappa shape index (κ2) is 6.02. The zero-order chi connectivity index (χ0) is 13.8. The lowest BCUT2D eigenvalue weighted by Crippen LogP contribution is -2.52. The van der Waals surface area contributed by atoms with Crippen LogP contribution in [0.4, 0.5) is 0 Å². The van der Waals surface area contributed by atoms with Gasteiger partial charge in [-0.25, -0.2) is 0 Å². The highest BCUT2D eigenvalue weighted by Crippen LogP contribution is 2.39. The third-order valence-electron chi connectivity index (χ3n) is 3.56. The fourth-order valence-corrected chi connectivity index (χ4v) is 2.82. The molecular weight excluding hydrogens is 232 g/mol. The van der Waals surface area contributed by atoms with Crippen LogP contribution in [0, 0.1) is 5.92 Å². The molecule has 0 aliphatic carbocycles. The van der Waals surface area contributed by atoms with E-state index in [0.29, 0.717) is 32.5 Å². The SMILES string of the molecule is CCCC(C(=O)OCC)C1(O)CCOC(C)(C)C1. The molecule has 1 rings (SSSR count). The minimum absolute atomic E-state index is 0.278. The van der Waals surface area contributed by atoms with E-state index in [0.717, 1.165) is 6.42 Å². The normalized spacial score (nSPS) is 28.7. The number of hydrogen-bond acceptors (Lipinski definition) is 4. The number of esters is 1. The van der Waals surface area contributed by atoms with Gasteiger partial charge in [-0.05, 0) is 27.2 Å². The summed E-state index contributed by atoms with van der Waals surface area (Å²) in [6.07, 6.45) is 2.49. The van der Waals surface area contributed by atoms with Crippen molar-refractivity contribution < 1.29 is 19.4 Å². The molecule has 4 heteroatoms. The second-order valence-corrected chi connectivity index (χ2v) is 5.73. The Morgan fingerprint density at radius 1 is 1.44 bits per heavy atom. The summed E-state index contributed by atoms with van der Waals surface area (Å²) >= 11 is 0. The molecule has 106 valence electrons. The molecule has 1 N–H and O–H groups in total. The fourth-order valence-electron chi connectivity index (χ4n) is 2.82. The zero-order valence-corrected chi connectivity index (χ0v) is 12.0. The van der Waals surface area contributed by atoms with Crippen molar-refractivity contribution in [3.8, 4) is 0 Å². The van der Waals surface area contributed by atoms with Gasteiger partial charge in [-0.2, -0.15) is 0 Å². The molecular formula is C14H26O4. The molecule has 0 aromatic rings. The Morgan fingerprint density at radius 2 is 2.11 bits per heavy atom. The molecule has 0 radical (unpaired) electrons. The van der Waals surface area contributed by atoms with E-state index in [1.165, 1.54) is 0 Å². The van der Waals surface area contributed by atoms with Crippen molar-refractivity contribution in [1.82, 2.24) is 0 Å². The number of carbonyl (C=O) groups excluding carboxylic acids is 1. The Hall–Kier alpha value is -0.610. The van der Waals surface area contributed by atoms with Gasteiger partial charge < -0.3 is 14.6 Å². The van der Waals surface area contributed by atoms with Crippen LogP contribution in [0.3, 0.4) is 0 Å². The highest BCUT2D eigenvalue weighted by molar-refractivity contribution is 5.74. The van der Waals surface area contributed by atoms with Crippen LogP contribution in [0.1, 0.15) is 53.4 Å². The van der Waals surface area contributed by atoms with Crippen molar-refractivity contribution >= 4 is 5.97 Å². The van der Waals surface area contributed by atoms with Crippen LogP contribution in [0.2, 0.25) is 0 Å². The highest BCUT2D eigenvalue weighted by Gasteiger charge is 2.47. The molecule has 0 spiro atoms. The molecule has 1 saturated heterocycles. The Bertz CT molecular complexity index is 288. The van der Waals surface area contributed by atoms with Crippen molar-refractivity contribution in [3.05, 3.63) is 0 Å². The van der Waals surface area contributed by atoms with E-state index in [9.17, 15) is 9.90 Å². The summed E-state index contributed by atoms with van der Waals surface area (Å²) in [6.45, 7) is 8.55. The third-order valence-corrected chi connectivity index (χ3v) is 3.56. The summed E-state index contributed by atoms with van der Waals surface area (Å²) in [5, 5.41) is 10.8. The Labute approximate surface area is 110 Å². The van der Waals surface area contributed by atoms with E-state index in [2.05, 4.69) is 0 Å². The zero-order valence-electron chi connectivity index (χ0n) is 12.0. The van der Waals surface area contributed by atoms with Crippen molar-refractivity contribution in [1.29, 1.82) is 0 Å². The lowest BCUT2D eigenvalue weighted by atomic mass is 9.74. The smallest absolute Gasteiger partial charge is 0.311 e. The lowest BCUT2D eigenvalue weighted by Gasteiger charge is -2.44. The molecule has 0 bridgehead atoms. The molecule has 0 aromatic heterocycles. The average molecular weight is 258 g/mol. The Morgan fingerprint density at radius 3 is 2.61 bits per heavy atom. The van der Waals surface area contributed by atoms with Crippen LogP contribution in [0.5, 0.6) is 0 Å². The van der Waals surface area contributed by atoms with Crippen molar-refractivity contribution in [2.45, 2.75) is 64.6 Å². The summed E-state index contributed by atoms with van der Waals surface area (Å²) in [6, 6.07) is 0. The van der Waals surface area contributed by atoms with Gasteiger partial charge in [0.25, 0.3) is 0 Å². The minimum atomic E-state index is -0.996. The average Bonchev–Trinajstić information content (AvgIpc) is 2.24. The van der Waals surface area contributed by atoms with Gasteiger partial charge in [-0.15, -0.1) is 0 Å². The summed E-state index contributed by atoms with van der Waals surface area (Å²) < 4.78 is 10.7. The molecule has 2 atom stereocenters. The molecule has 2 unspecified atom stereocenters. The Balaban J connectivity index is 2.85. The quantitative estimate of drug-likeness (QED) is 0.769. The number of aliphatic hydroxyl groups is 1. The fraction of sp³-hybridized carbons (Fsp3) is 0.929. The summed E-state index contributed by atoms with van der Waals surface area (Å²) in [7, 11) is 0. The van der Waals surface area contributed by atoms with Gasteiger partial charge in [-0.3, -0.25) is 4.79 Å². The van der Waals surface area contributed by atoms with Crippen LogP contribution in [0.25, 0.3) is 0 Å². The van der Waals surface area contributed by atoms with E-state index in [1.54, 1.807) is 6.92 Å². The van der Waals surface area contributed by atoms with Gasteiger partial charge in [-0.1, -0.05) is 13.3 Å². The van der Waals surface area contributed by atoms with Gasteiger partial charge in [0.1, 0.15) is 0 Å². The predicted molar refractivity (Wildman–Crippen MR) is 69.2 cm³/mol. The molecule has 0 amide bonds. The first-order valence-electron chi connectivity index (χ1n) is 6.87. The molecule has 1 heterocycles. The maximum atomic E-state index is 12.0. The maximum Gasteiger partial charge on any atom is 0.311 e. The number of hydrogen-bond donors (Lipinski definition) is 1. The van der Waals surface area contributed by atoms with Crippen molar-refractivity contribution in [3.63, 3.8) is 0 Å². The van der Waals surface area contributed by atoms with E-state index in [1.807, 2.05) is 20.8 Å². The van der Waals surface area contributed by atoms with Crippen LogP contribution < -0.4 is 0 Å². The predicted octanol–water partition coefficient (Wildman–Crippen LogP) is 2.29. The molecule has 1 fully saturated rings. The lowest BCUT2D eigenvalue weighted by molar-refractivity contribution is -0.186. The van der Waals surface area contributed by atoms with Crippen molar-refractivity contribution in [2.24, 2.45) is 5.92 Å². The van der Waals surface area contributed by atoms with E-state index in [-0.39, 0.29) is 11.6 Å². The van der Waals surface area contributed by atoms with Gasteiger partial charge in [0.15, 0.2) is 0 Å². The Kier molecular flexibility index (Phi) is 5.17. The van der Waals surface area contributed by atoms with Crippen LogP contribution in [-0.4, -0.2) is 35.5 Å². The van der Waals surface area contributed by atoms with E-state index < -0.39 is 11.5 Å². The number of ether oxygens (including phenoxy) is 2. The van der Waals surface area contributed by atoms with Crippen molar-refractivity contribution in [2.75, 3.05) is 13.2 Å². The molecule has 0 saturated carbocycles. The first kappa shape index (κ1) is 15.4. The first-order valence-corrected chi connectivity index (χ1v) is 6.87. The standard InChI is InChI=1S/C14H26O4/c1-5-7-11(12(15)17-6-2)14(16)8-9-18-13(3,4)10-14/h11,16H,5-10H2,1-4H3. The minimum Gasteiger partial charge on any atom is -0.466 e. The summed E-state index contributed by atoms with van der Waals surface area (Å²) in [5.74, 6) is -0.717. The van der Waals surface area contributed by atoms with E-state index in [4.69, 9.17) is 9.47 Å². The molecule has 18 heavy (non-hydrogen) atoms. The highest BCUT2D eigenvalue weighted by atomic mass is 16.5. The molecule has 1 aliphatic heterocycles. The topological polar surface area (TPSA) is 55.8 Å². The van der Waals surface area contributed by atoms with Gasteiger partial charge in [0.2, 0.25) is 0 Å².